The summed E-state index contributed by atoms with van der Waals surface area (Å²) >= 11 is 0. The van der Waals surface area contributed by atoms with Crippen LogP contribution in [0.2, 0.25) is 0 Å². The molecule has 1 amide bonds. The third-order valence-electron chi connectivity index (χ3n) is 4.12. The molecule has 1 aliphatic rings. The quantitative estimate of drug-likeness (QED) is 0.555. The van der Waals surface area contributed by atoms with E-state index in [2.05, 4.69) is 5.32 Å². The number of sulfonamides is 1. The minimum atomic E-state index is -3.71. The summed E-state index contributed by atoms with van der Waals surface area (Å²) in [5, 5.41) is 2.59. The third-order valence-corrected chi connectivity index (χ3v) is 5.93. The standard InChI is InChI=1S/C19H18N2O7S/c1-21(2)29(25,26)14-5-3-4-13(8-14)19(24)28-10-16(22)12-6-7-17-15(9-12)20-18(23)11-27-17/h3-9H,10-11H2,1-2H3,(H,20,23). The Bertz CT molecular complexity index is 1090. The molecule has 0 atom stereocenters. The fraction of sp³-hybridized carbons (Fsp3) is 0.211. The van der Waals surface area contributed by atoms with E-state index in [1.165, 1.54) is 50.5 Å². The molecule has 0 bridgehead atoms. The Balaban J connectivity index is 1.69. The Kier molecular flexibility index (Phi) is 5.66. The van der Waals surface area contributed by atoms with Crippen LogP contribution in [-0.4, -0.2) is 57.7 Å². The molecule has 0 spiro atoms. The molecule has 2 aromatic rings. The molecule has 29 heavy (non-hydrogen) atoms. The summed E-state index contributed by atoms with van der Waals surface area (Å²) in [5.74, 6) is -1.21. The summed E-state index contributed by atoms with van der Waals surface area (Å²) in [6.07, 6.45) is 0. The second-order valence-corrected chi connectivity index (χ2v) is 8.51. The Morgan fingerprint density at radius 3 is 2.62 bits per heavy atom. The number of ether oxygens (including phenoxy) is 2. The molecule has 2 aromatic carbocycles. The van der Waals surface area contributed by atoms with Crippen LogP contribution in [0.25, 0.3) is 0 Å². The second kappa shape index (κ2) is 8.02. The number of fused-ring (bicyclic) bond motifs is 1. The molecular formula is C19H18N2O7S. The van der Waals surface area contributed by atoms with Gasteiger partial charge in [0.2, 0.25) is 10.0 Å². The Morgan fingerprint density at radius 1 is 1.14 bits per heavy atom. The van der Waals surface area contributed by atoms with Gasteiger partial charge < -0.3 is 14.8 Å². The minimum Gasteiger partial charge on any atom is -0.482 e. The van der Waals surface area contributed by atoms with E-state index in [1.807, 2.05) is 0 Å². The van der Waals surface area contributed by atoms with Crippen LogP contribution in [0.1, 0.15) is 20.7 Å². The first-order valence-electron chi connectivity index (χ1n) is 8.48. The number of rotatable bonds is 6. The van der Waals surface area contributed by atoms with E-state index >= 15 is 0 Å². The van der Waals surface area contributed by atoms with Crippen LogP contribution in [0.4, 0.5) is 5.69 Å². The molecule has 0 aliphatic carbocycles. The van der Waals surface area contributed by atoms with E-state index in [-0.39, 0.29) is 28.5 Å². The van der Waals surface area contributed by atoms with Crippen molar-refractivity contribution in [1.82, 2.24) is 4.31 Å². The smallest absolute Gasteiger partial charge is 0.338 e. The number of anilines is 1. The molecule has 10 heteroatoms. The van der Waals surface area contributed by atoms with Crippen LogP contribution in [0.3, 0.4) is 0 Å². The zero-order valence-electron chi connectivity index (χ0n) is 15.7. The average molecular weight is 418 g/mol. The molecule has 1 heterocycles. The van der Waals surface area contributed by atoms with E-state index < -0.39 is 28.4 Å². The van der Waals surface area contributed by atoms with Crippen molar-refractivity contribution < 1.29 is 32.3 Å². The Hall–Kier alpha value is -3.24. The van der Waals surface area contributed by atoms with E-state index in [0.717, 1.165) is 4.31 Å². The van der Waals surface area contributed by atoms with Gasteiger partial charge in [0.1, 0.15) is 5.75 Å². The molecule has 0 saturated heterocycles. The number of benzene rings is 2. The van der Waals surface area contributed by atoms with Gasteiger partial charge in [-0.25, -0.2) is 17.5 Å². The fourth-order valence-electron chi connectivity index (χ4n) is 2.55. The van der Waals surface area contributed by atoms with Crippen LogP contribution < -0.4 is 10.1 Å². The van der Waals surface area contributed by atoms with Gasteiger partial charge in [-0.15, -0.1) is 0 Å². The van der Waals surface area contributed by atoms with Gasteiger partial charge in [0, 0.05) is 19.7 Å². The molecule has 0 aromatic heterocycles. The largest absolute Gasteiger partial charge is 0.482 e. The van der Waals surface area contributed by atoms with Crippen molar-refractivity contribution in [2.24, 2.45) is 0 Å². The van der Waals surface area contributed by atoms with E-state index in [9.17, 15) is 22.8 Å². The molecule has 1 N–H and O–H groups in total. The number of nitrogens with one attached hydrogen (secondary N) is 1. The Labute approximate surface area is 167 Å². The number of esters is 1. The van der Waals surface area contributed by atoms with Crippen LogP contribution in [-0.2, 0) is 19.6 Å². The lowest BCUT2D eigenvalue weighted by Crippen LogP contribution is -2.25. The van der Waals surface area contributed by atoms with Gasteiger partial charge in [-0.05, 0) is 36.4 Å². The molecule has 0 unspecified atom stereocenters. The normalized spacial score (nSPS) is 13.3. The monoisotopic (exact) mass is 418 g/mol. The zero-order chi connectivity index (χ0) is 21.2. The first-order valence-corrected chi connectivity index (χ1v) is 9.92. The number of amides is 1. The van der Waals surface area contributed by atoms with Gasteiger partial charge in [0.05, 0.1) is 16.1 Å². The number of carbonyl (C=O) groups excluding carboxylic acids is 3. The molecule has 3 rings (SSSR count). The zero-order valence-corrected chi connectivity index (χ0v) is 16.5. The molecule has 1 aliphatic heterocycles. The predicted octanol–water partition coefficient (Wildman–Crippen LogP) is 1.31. The van der Waals surface area contributed by atoms with Crippen LogP contribution in [0, 0.1) is 0 Å². The maximum Gasteiger partial charge on any atom is 0.338 e. The summed E-state index contributed by atoms with van der Waals surface area (Å²) in [6.45, 7) is -0.641. The van der Waals surface area contributed by atoms with Crippen molar-refractivity contribution in [2.75, 3.05) is 32.6 Å². The lowest BCUT2D eigenvalue weighted by Gasteiger charge is -2.18. The molecule has 0 saturated carbocycles. The highest BCUT2D eigenvalue weighted by Crippen LogP contribution is 2.28. The van der Waals surface area contributed by atoms with Crippen molar-refractivity contribution in [2.45, 2.75) is 4.90 Å². The molecule has 0 radical (unpaired) electrons. The average Bonchev–Trinajstić information content (AvgIpc) is 2.71. The van der Waals surface area contributed by atoms with Crippen molar-refractivity contribution in [3.05, 3.63) is 53.6 Å². The first kappa shape index (κ1) is 20.5. The molecule has 0 fully saturated rings. The number of hydrogen-bond donors (Lipinski definition) is 1. The van der Waals surface area contributed by atoms with E-state index in [0.29, 0.717) is 11.4 Å². The van der Waals surface area contributed by atoms with Crippen molar-refractivity contribution in [1.29, 1.82) is 0 Å². The highest BCUT2D eigenvalue weighted by molar-refractivity contribution is 7.89. The van der Waals surface area contributed by atoms with Crippen molar-refractivity contribution in [3.8, 4) is 5.75 Å². The maximum absolute atomic E-state index is 12.3. The third kappa shape index (κ3) is 4.44. The number of nitrogens with zero attached hydrogens (tertiary/aromatic N) is 1. The van der Waals surface area contributed by atoms with Crippen molar-refractivity contribution >= 4 is 33.4 Å². The van der Waals surface area contributed by atoms with Crippen LogP contribution >= 0.6 is 0 Å². The van der Waals surface area contributed by atoms with Gasteiger partial charge in [0.15, 0.2) is 19.0 Å². The predicted molar refractivity (Wildman–Crippen MR) is 102 cm³/mol. The fourth-order valence-corrected chi connectivity index (χ4v) is 3.50. The Morgan fingerprint density at radius 2 is 1.90 bits per heavy atom. The molecule has 152 valence electrons. The van der Waals surface area contributed by atoms with Crippen LogP contribution in [0.5, 0.6) is 5.75 Å². The summed E-state index contributed by atoms with van der Waals surface area (Å²) in [4.78, 5) is 35.9. The van der Waals surface area contributed by atoms with Crippen molar-refractivity contribution in [3.63, 3.8) is 0 Å². The maximum atomic E-state index is 12.3. The SMILES string of the molecule is CN(C)S(=O)(=O)c1cccc(C(=O)OCC(=O)c2ccc3c(c2)NC(=O)CO3)c1. The van der Waals surface area contributed by atoms with Gasteiger partial charge in [-0.1, -0.05) is 6.07 Å². The summed E-state index contributed by atoms with van der Waals surface area (Å²) in [5.41, 5.74) is 0.595. The second-order valence-electron chi connectivity index (χ2n) is 6.36. The summed E-state index contributed by atoms with van der Waals surface area (Å²) in [6, 6.07) is 9.84. The van der Waals surface area contributed by atoms with Gasteiger partial charge in [-0.3, -0.25) is 9.59 Å². The van der Waals surface area contributed by atoms with E-state index in [1.54, 1.807) is 6.07 Å². The lowest BCUT2D eigenvalue weighted by atomic mass is 10.1. The van der Waals surface area contributed by atoms with Gasteiger partial charge in [-0.2, -0.15) is 0 Å². The van der Waals surface area contributed by atoms with E-state index in [4.69, 9.17) is 9.47 Å². The summed E-state index contributed by atoms with van der Waals surface area (Å²) < 4.78 is 35.6. The minimum absolute atomic E-state index is 0.00632. The molecular weight excluding hydrogens is 400 g/mol. The number of ketones is 1. The number of carbonyl (C=O) groups is 3. The topological polar surface area (TPSA) is 119 Å². The van der Waals surface area contributed by atoms with Gasteiger partial charge >= 0.3 is 5.97 Å². The number of Topliss-reactive ketones (excluding diaryl/α,β-unsaturated/α-hetero) is 1. The summed E-state index contributed by atoms with van der Waals surface area (Å²) in [7, 11) is -0.948. The van der Waals surface area contributed by atoms with Gasteiger partial charge in [0.25, 0.3) is 5.91 Å². The lowest BCUT2D eigenvalue weighted by molar-refractivity contribution is -0.118. The number of hydrogen-bond acceptors (Lipinski definition) is 7. The highest BCUT2D eigenvalue weighted by Gasteiger charge is 2.21. The first-order chi connectivity index (χ1) is 13.7. The van der Waals surface area contributed by atoms with Crippen LogP contribution in [0.15, 0.2) is 47.4 Å². The molecule has 9 nitrogen and oxygen atoms in total. The highest BCUT2D eigenvalue weighted by atomic mass is 32.2.